The molecular weight excluding hydrogens is 338 g/mol. The second-order valence-corrected chi connectivity index (χ2v) is 6.77. The van der Waals surface area contributed by atoms with Crippen molar-refractivity contribution in [3.05, 3.63) is 29.8 Å². The molecule has 0 spiro atoms. The van der Waals surface area contributed by atoms with Crippen LogP contribution in [0.1, 0.15) is 25.8 Å². The molecule has 1 aliphatic rings. The Labute approximate surface area is 153 Å². The van der Waals surface area contributed by atoms with Crippen LogP contribution >= 0.6 is 11.8 Å². The summed E-state index contributed by atoms with van der Waals surface area (Å²) in [4.78, 5) is 30.5. The van der Waals surface area contributed by atoms with Crippen molar-refractivity contribution >= 4 is 28.7 Å². The molecular formula is C18H25N3O3S. The largest absolute Gasteiger partial charge is 0.497 e. The molecule has 0 radical (unpaired) electrons. The van der Waals surface area contributed by atoms with E-state index >= 15 is 0 Å². The van der Waals surface area contributed by atoms with Gasteiger partial charge in [-0.1, -0.05) is 23.9 Å². The highest BCUT2D eigenvalue weighted by Crippen LogP contribution is 2.29. The van der Waals surface area contributed by atoms with Gasteiger partial charge in [0.1, 0.15) is 11.0 Å². The third kappa shape index (κ3) is 5.22. The molecule has 0 aromatic heterocycles. The number of hydrogen-bond acceptors (Lipinski definition) is 5. The van der Waals surface area contributed by atoms with E-state index in [1.807, 2.05) is 38.1 Å². The maximum absolute atomic E-state index is 12.3. The van der Waals surface area contributed by atoms with Crippen molar-refractivity contribution in [1.29, 1.82) is 0 Å². The van der Waals surface area contributed by atoms with Crippen LogP contribution in [0.15, 0.2) is 29.3 Å². The average molecular weight is 363 g/mol. The highest BCUT2D eigenvalue weighted by Gasteiger charge is 2.37. The van der Waals surface area contributed by atoms with Gasteiger partial charge in [0.25, 0.3) is 0 Å². The van der Waals surface area contributed by atoms with Gasteiger partial charge in [-0.05, 0) is 38.0 Å². The predicted molar refractivity (Wildman–Crippen MR) is 101 cm³/mol. The van der Waals surface area contributed by atoms with Gasteiger partial charge in [0, 0.05) is 26.1 Å². The number of ether oxygens (including phenoxy) is 1. The van der Waals surface area contributed by atoms with E-state index in [4.69, 9.17) is 4.74 Å². The van der Waals surface area contributed by atoms with E-state index in [9.17, 15) is 9.59 Å². The van der Waals surface area contributed by atoms with E-state index in [1.54, 1.807) is 12.0 Å². The summed E-state index contributed by atoms with van der Waals surface area (Å²) >= 11 is 1.39. The van der Waals surface area contributed by atoms with E-state index in [2.05, 4.69) is 10.3 Å². The number of benzene rings is 1. The molecule has 6 nitrogen and oxygen atoms in total. The molecule has 0 unspecified atom stereocenters. The van der Waals surface area contributed by atoms with E-state index < -0.39 is 0 Å². The normalized spacial score (nSPS) is 18.7. The van der Waals surface area contributed by atoms with Gasteiger partial charge in [-0.2, -0.15) is 0 Å². The first-order chi connectivity index (χ1) is 12.1. The Morgan fingerprint density at radius 3 is 2.64 bits per heavy atom. The Balaban J connectivity index is 1.79. The van der Waals surface area contributed by atoms with Gasteiger partial charge in [-0.3, -0.25) is 19.5 Å². The minimum atomic E-state index is -0.369. The van der Waals surface area contributed by atoms with Crippen LogP contribution in [0, 0.1) is 0 Å². The number of hydrogen-bond donors (Lipinski definition) is 1. The summed E-state index contributed by atoms with van der Waals surface area (Å²) in [5.74, 6) is 0.688. The minimum absolute atomic E-state index is 0.0231. The first-order valence-corrected chi connectivity index (χ1v) is 9.39. The summed E-state index contributed by atoms with van der Waals surface area (Å²) in [7, 11) is 1.63. The van der Waals surface area contributed by atoms with Crippen molar-refractivity contribution in [2.24, 2.45) is 4.99 Å². The van der Waals surface area contributed by atoms with Gasteiger partial charge >= 0.3 is 0 Å². The Bertz CT molecular complexity index is 631. The number of methoxy groups -OCH3 is 1. The summed E-state index contributed by atoms with van der Waals surface area (Å²) in [5, 5.41) is 3.25. The Hall–Kier alpha value is -2.02. The van der Waals surface area contributed by atoms with Crippen LogP contribution in [0.2, 0.25) is 0 Å². The Morgan fingerprint density at radius 1 is 1.32 bits per heavy atom. The van der Waals surface area contributed by atoms with E-state index in [-0.39, 0.29) is 23.5 Å². The number of amidine groups is 1. The fourth-order valence-corrected chi connectivity index (χ4v) is 3.83. The van der Waals surface area contributed by atoms with Crippen molar-refractivity contribution in [3.8, 4) is 5.75 Å². The maximum Gasteiger partial charge on any atom is 0.242 e. The quantitative estimate of drug-likeness (QED) is 0.768. The highest BCUT2D eigenvalue weighted by atomic mass is 32.2. The molecule has 1 N–H and O–H groups in total. The SMILES string of the molecule is CCN=C1S[C@H](CC(=O)NCCc2ccc(OC)cc2)C(=O)N1CC. The molecule has 25 heavy (non-hydrogen) atoms. The zero-order valence-corrected chi connectivity index (χ0v) is 15.8. The third-order valence-corrected chi connectivity index (χ3v) is 5.11. The molecule has 1 fully saturated rings. The highest BCUT2D eigenvalue weighted by molar-refractivity contribution is 8.15. The number of rotatable bonds is 8. The van der Waals surface area contributed by atoms with Gasteiger partial charge in [0.15, 0.2) is 5.17 Å². The van der Waals surface area contributed by atoms with Crippen LogP contribution in [-0.4, -0.2) is 53.9 Å². The van der Waals surface area contributed by atoms with E-state index in [0.29, 0.717) is 19.6 Å². The number of nitrogens with one attached hydrogen (secondary N) is 1. The van der Waals surface area contributed by atoms with Gasteiger partial charge in [-0.15, -0.1) is 0 Å². The van der Waals surface area contributed by atoms with Gasteiger partial charge in [-0.25, -0.2) is 0 Å². The van der Waals surface area contributed by atoms with Crippen LogP contribution in [-0.2, 0) is 16.0 Å². The first kappa shape index (κ1) is 19.3. The van der Waals surface area contributed by atoms with E-state index in [0.717, 1.165) is 22.9 Å². The number of amides is 2. The van der Waals surface area contributed by atoms with Gasteiger partial charge < -0.3 is 10.1 Å². The van der Waals surface area contributed by atoms with Crippen molar-refractivity contribution in [2.75, 3.05) is 26.7 Å². The van der Waals surface area contributed by atoms with Crippen LogP contribution in [0.3, 0.4) is 0 Å². The smallest absolute Gasteiger partial charge is 0.242 e. The molecule has 1 heterocycles. The molecule has 0 saturated carbocycles. The van der Waals surface area contributed by atoms with Crippen molar-refractivity contribution in [1.82, 2.24) is 10.2 Å². The number of nitrogens with zero attached hydrogens (tertiary/aromatic N) is 2. The van der Waals surface area contributed by atoms with E-state index in [1.165, 1.54) is 11.8 Å². The van der Waals surface area contributed by atoms with Crippen LogP contribution < -0.4 is 10.1 Å². The second-order valence-electron chi connectivity index (χ2n) is 5.60. The van der Waals surface area contributed by atoms with Crippen LogP contribution in [0.5, 0.6) is 5.75 Å². The lowest BCUT2D eigenvalue weighted by Crippen LogP contribution is -2.35. The molecule has 1 aromatic carbocycles. The lowest BCUT2D eigenvalue weighted by molar-refractivity contribution is -0.129. The Morgan fingerprint density at radius 2 is 2.04 bits per heavy atom. The zero-order valence-electron chi connectivity index (χ0n) is 14.9. The molecule has 1 aliphatic heterocycles. The lowest BCUT2D eigenvalue weighted by Gasteiger charge is -2.13. The monoisotopic (exact) mass is 363 g/mol. The summed E-state index contributed by atoms with van der Waals surface area (Å²) in [6.07, 6.45) is 0.927. The lowest BCUT2D eigenvalue weighted by atomic mass is 10.1. The topological polar surface area (TPSA) is 71.0 Å². The number of carbonyl (C=O) groups is 2. The number of aliphatic imine (C=N–C) groups is 1. The first-order valence-electron chi connectivity index (χ1n) is 8.51. The average Bonchev–Trinajstić information content (AvgIpc) is 2.90. The van der Waals surface area contributed by atoms with Crippen LogP contribution in [0.25, 0.3) is 0 Å². The van der Waals surface area contributed by atoms with Gasteiger partial charge in [0.05, 0.1) is 7.11 Å². The Kier molecular flexibility index (Phi) is 7.31. The van der Waals surface area contributed by atoms with Crippen LogP contribution in [0.4, 0.5) is 0 Å². The van der Waals surface area contributed by atoms with Crippen molar-refractivity contribution in [2.45, 2.75) is 31.9 Å². The molecule has 2 rings (SSSR count). The van der Waals surface area contributed by atoms with Crippen molar-refractivity contribution < 1.29 is 14.3 Å². The molecule has 7 heteroatoms. The summed E-state index contributed by atoms with van der Waals surface area (Å²) < 4.78 is 5.12. The molecule has 2 amide bonds. The second kappa shape index (κ2) is 9.46. The molecule has 136 valence electrons. The zero-order chi connectivity index (χ0) is 18.2. The fourth-order valence-electron chi connectivity index (χ4n) is 2.57. The molecule has 0 aliphatic carbocycles. The summed E-state index contributed by atoms with van der Waals surface area (Å²) in [6.45, 7) is 5.61. The number of carbonyl (C=O) groups excluding carboxylic acids is 2. The molecule has 1 atom stereocenters. The molecule has 0 bridgehead atoms. The fraction of sp³-hybridized carbons (Fsp3) is 0.500. The third-order valence-electron chi connectivity index (χ3n) is 3.90. The summed E-state index contributed by atoms with van der Waals surface area (Å²) in [6, 6.07) is 7.76. The molecule has 1 saturated heterocycles. The summed E-state index contributed by atoms with van der Waals surface area (Å²) in [5.41, 5.74) is 1.13. The predicted octanol–water partition coefficient (Wildman–Crippen LogP) is 2.08. The number of thioether (sulfide) groups is 1. The standard InChI is InChI=1S/C18H25N3O3S/c1-4-19-18-21(5-2)17(23)15(25-18)12-16(22)20-11-10-13-6-8-14(24-3)9-7-13/h6-9,15H,4-5,10-12H2,1-3H3,(H,20,22)/t15-/m1/s1. The minimum Gasteiger partial charge on any atom is -0.497 e. The van der Waals surface area contributed by atoms with Gasteiger partial charge in [0.2, 0.25) is 11.8 Å². The maximum atomic E-state index is 12.3. The van der Waals surface area contributed by atoms with Crippen molar-refractivity contribution in [3.63, 3.8) is 0 Å². The molecule has 1 aromatic rings.